The SMILES string of the molecule is CCCCC(N=O)c1ccccc1S(=O)(=O)O. The van der Waals surface area contributed by atoms with Crippen molar-refractivity contribution in [1.29, 1.82) is 0 Å². The van der Waals surface area contributed by atoms with Gasteiger partial charge in [0.2, 0.25) is 0 Å². The first kappa shape index (κ1) is 13.8. The molecule has 1 aromatic carbocycles. The van der Waals surface area contributed by atoms with E-state index < -0.39 is 16.2 Å². The number of nitrogens with zero attached hydrogens (tertiary/aromatic N) is 1. The smallest absolute Gasteiger partial charge is 0.282 e. The Morgan fingerprint density at radius 3 is 2.53 bits per heavy atom. The molecule has 0 amide bonds. The lowest BCUT2D eigenvalue weighted by molar-refractivity contribution is 0.479. The van der Waals surface area contributed by atoms with Crippen molar-refractivity contribution in [2.45, 2.75) is 37.1 Å². The van der Waals surface area contributed by atoms with Crippen LogP contribution in [0.5, 0.6) is 0 Å². The van der Waals surface area contributed by atoms with Crippen molar-refractivity contribution < 1.29 is 13.0 Å². The molecule has 0 aliphatic heterocycles. The van der Waals surface area contributed by atoms with Crippen LogP contribution in [-0.2, 0) is 10.1 Å². The highest BCUT2D eigenvalue weighted by atomic mass is 32.2. The summed E-state index contributed by atoms with van der Waals surface area (Å²) in [7, 11) is -4.31. The molecular formula is C11H15NO4S. The van der Waals surface area contributed by atoms with E-state index in [4.69, 9.17) is 4.55 Å². The van der Waals surface area contributed by atoms with Crippen LogP contribution < -0.4 is 0 Å². The molecule has 0 aromatic heterocycles. The fourth-order valence-corrected chi connectivity index (χ4v) is 2.41. The molecule has 94 valence electrons. The fraction of sp³-hybridized carbons (Fsp3) is 0.455. The van der Waals surface area contributed by atoms with Crippen LogP contribution in [0, 0.1) is 4.91 Å². The van der Waals surface area contributed by atoms with Crippen LogP contribution in [0.3, 0.4) is 0 Å². The van der Waals surface area contributed by atoms with Crippen molar-refractivity contribution in [2.24, 2.45) is 5.18 Å². The Kier molecular flexibility index (Phi) is 4.77. The molecular weight excluding hydrogens is 242 g/mol. The van der Waals surface area contributed by atoms with Gasteiger partial charge in [-0.1, -0.05) is 43.1 Å². The van der Waals surface area contributed by atoms with Gasteiger partial charge < -0.3 is 0 Å². The Morgan fingerprint density at radius 2 is 2.00 bits per heavy atom. The topological polar surface area (TPSA) is 83.8 Å². The van der Waals surface area contributed by atoms with E-state index in [2.05, 4.69) is 5.18 Å². The minimum Gasteiger partial charge on any atom is -0.282 e. The van der Waals surface area contributed by atoms with Gasteiger partial charge in [0.15, 0.2) is 0 Å². The predicted molar refractivity (Wildman–Crippen MR) is 64.3 cm³/mol. The van der Waals surface area contributed by atoms with Gasteiger partial charge >= 0.3 is 0 Å². The van der Waals surface area contributed by atoms with Gasteiger partial charge in [-0.05, 0) is 12.5 Å². The molecule has 0 spiro atoms. The summed E-state index contributed by atoms with van der Waals surface area (Å²) in [5.41, 5.74) is 0.262. The fourth-order valence-electron chi connectivity index (χ4n) is 1.65. The quantitative estimate of drug-likeness (QED) is 0.627. The number of unbranched alkanes of at least 4 members (excludes halogenated alkanes) is 1. The Bertz CT molecular complexity index is 484. The second-order valence-corrected chi connectivity index (χ2v) is 5.17. The average molecular weight is 257 g/mol. The maximum Gasteiger partial charge on any atom is 0.294 e. The zero-order valence-electron chi connectivity index (χ0n) is 9.54. The highest BCUT2D eigenvalue weighted by Gasteiger charge is 2.21. The van der Waals surface area contributed by atoms with Gasteiger partial charge in [-0.3, -0.25) is 4.55 Å². The normalized spacial score (nSPS) is 13.3. The van der Waals surface area contributed by atoms with Crippen molar-refractivity contribution in [2.75, 3.05) is 0 Å². The van der Waals surface area contributed by atoms with Crippen LogP contribution in [0.25, 0.3) is 0 Å². The molecule has 0 aliphatic carbocycles. The summed E-state index contributed by atoms with van der Waals surface area (Å²) in [6, 6.07) is 5.16. The molecule has 0 aliphatic rings. The van der Waals surface area contributed by atoms with Crippen LogP contribution in [-0.4, -0.2) is 13.0 Å². The first-order valence-corrected chi connectivity index (χ1v) is 6.83. The number of nitroso groups, excluding NO2 is 1. The standard InChI is InChI=1S/C11H15NO4S/c1-2-3-7-10(12-13)9-6-4-5-8-11(9)17(14,15)16/h4-6,8,10H,2-3,7H2,1H3,(H,14,15,16). The lowest BCUT2D eigenvalue weighted by Crippen LogP contribution is -2.06. The van der Waals surface area contributed by atoms with E-state index in [0.717, 1.165) is 12.8 Å². The lowest BCUT2D eigenvalue weighted by Gasteiger charge is -2.12. The number of benzene rings is 1. The molecule has 0 fully saturated rings. The average Bonchev–Trinajstić information content (AvgIpc) is 2.29. The highest BCUT2D eigenvalue weighted by Crippen LogP contribution is 2.28. The van der Waals surface area contributed by atoms with Crippen molar-refractivity contribution >= 4 is 10.1 Å². The summed E-state index contributed by atoms with van der Waals surface area (Å²) in [6.45, 7) is 1.97. The van der Waals surface area contributed by atoms with Crippen LogP contribution in [0.4, 0.5) is 0 Å². The van der Waals surface area contributed by atoms with Crippen LogP contribution in [0.2, 0.25) is 0 Å². The van der Waals surface area contributed by atoms with E-state index in [0.29, 0.717) is 6.42 Å². The molecule has 6 heteroatoms. The Hall–Kier alpha value is -1.27. The van der Waals surface area contributed by atoms with Crippen molar-refractivity contribution in [3.05, 3.63) is 34.7 Å². The third-order valence-electron chi connectivity index (χ3n) is 2.51. The van der Waals surface area contributed by atoms with E-state index in [1.165, 1.54) is 18.2 Å². The number of rotatable bonds is 6. The molecule has 5 nitrogen and oxygen atoms in total. The largest absolute Gasteiger partial charge is 0.294 e. The summed E-state index contributed by atoms with van der Waals surface area (Å²) in [5, 5.41) is 2.94. The third kappa shape index (κ3) is 3.61. The third-order valence-corrected chi connectivity index (χ3v) is 3.44. The lowest BCUT2D eigenvalue weighted by atomic mass is 10.0. The van der Waals surface area contributed by atoms with Gasteiger partial charge in [-0.2, -0.15) is 13.3 Å². The molecule has 1 aromatic rings. The maximum absolute atomic E-state index is 11.2. The van der Waals surface area contributed by atoms with Gasteiger partial charge in [0.25, 0.3) is 10.1 Å². The highest BCUT2D eigenvalue weighted by molar-refractivity contribution is 7.85. The first-order chi connectivity index (χ1) is 8.00. The molecule has 17 heavy (non-hydrogen) atoms. The molecule has 1 unspecified atom stereocenters. The molecule has 1 N–H and O–H groups in total. The Balaban J connectivity index is 3.15. The second-order valence-electron chi connectivity index (χ2n) is 3.78. The minimum absolute atomic E-state index is 0.235. The van der Waals surface area contributed by atoms with E-state index in [9.17, 15) is 13.3 Å². The predicted octanol–water partition coefficient (Wildman–Crippen LogP) is 2.93. The summed E-state index contributed by atoms with van der Waals surface area (Å²) in [5.74, 6) is 0. The summed E-state index contributed by atoms with van der Waals surface area (Å²) in [4.78, 5) is 10.5. The molecule has 1 rings (SSSR count). The van der Waals surface area contributed by atoms with Gasteiger partial charge in [-0.25, -0.2) is 0 Å². The molecule has 0 bridgehead atoms. The Labute approximate surface area is 101 Å². The van der Waals surface area contributed by atoms with E-state index in [1.807, 2.05) is 6.92 Å². The van der Waals surface area contributed by atoms with Crippen molar-refractivity contribution in [3.63, 3.8) is 0 Å². The molecule has 0 heterocycles. The number of hydrogen-bond acceptors (Lipinski definition) is 4. The Morgan fingerprint density at radius 1 is 1.35 bits per heavy atom. The van der Waals surface area contributed by atoms with E-state index in [-0.39, 0.29) is 10.5 Å². The molecule has 1 atom stereocenters. The molecule has 0 saturated heterocycles. The van der Waals surface area contributed by atoms with Gasteiger partial charge in [-0.15, -0.1) is 0 Å². The zero-order valence-corrected chi connectivity index (χ0v) is 10.4. The molecule has 0 radical (unpaired) electrons. The summed E-state index contributed by atoms with van der Waals surface area (Å²) < 4.78 is 31.4. The van der Waals surface area contributed by atoms with E-state index >= 15 is 0 Å². The van der Waals surface area contributed by atoms with Gasteiger partial charge in [0.05, 0.1) is 4.90 Å². The van der Waals surface area contributed by atoms with Crippen LogP contribution in [0.1, 0.15) is 37.8 Å². The van der Waals surface area contributed by atoms with Crippen LogP contribution in [0.15, 0.2) is 34.3 Å². The van der Waals surface area contributed by atoms with Crippen molar-refractivity contribution in [3.8, 4) is 0 Å². The summed E-state index contributed by atoms with van der Waals surface area (Å²) in [6.07, 6.45) is 2.14. The minimum atomic E-state index is -4.31. The maximum atomic E-state index is 11.2. The van der Waals surface area contributed by atoms with Gasteiger partial charge in [0.1, 0.15) is 6.04 Å². The monoisotopic (exact) mass is 257 g/mol. The van der Waals surface area contributed by atoms with E-state index in [1.54, 1.807) is 6.07 Å². The first-order valence-electron chi connectivity index (χ1n) is 5.39. The van der Waals surface area contributed by atoms with Crippen LogP contribution >= 0.6 is 0 Å². The zero-order chi connectivity index (χ0) is 12.9. The van der Waals surface area contributed by atoms with Crippen molar-refractivity contribution in [1.82, 2.24) is 0 Å². The number of hydrogen-bond donors (Lipinski definition) is 1. The van der Waals surface area contributed by atoms with Gasteiger partial charge in [0, 0.05) is 5.56 Å². The second kappa shape index (κ2) is 5.88. The molecule has 0 saturated carbocycles. The summed E-state index contributed by atoms with van der Waals surface area (Å²) >= 11 is 0.